The second-order valence-electron chi connectivity index (χ2n) is 2.32. The summed E-state index contributed by atoms with van der Waals surface area (Å²) in [4.78, 5) is 9.89. The molecule has 0 saturated carbocycles. The maximum Gasteiger partial charge on any atom is 0.310 e. The zero-order valence-electron chi connectivity index (χ0n) is 6.93. The van der Waals surface area contributed by atoms with Gasteiger partial charge in [0, 0.05) is 6.07 Å². The molecule has 0 spiro atoms. The molecule has 0 saturated heterocycles. The van der Waals surface area contributed by atoms with E-state index in [1.54, 1.807) is 0 Å². The molecule has 13 heavy (non-hydrogen) atoms. The lowest BCUT2D eigenvalue weighted by molar-refractivity contribution is -0.385. The molecule has 1 radical (unpaired) electrons. The lowest BCUT2D eigenvalue weighted by Crippen LogP contribution is -1.94. The standard InChI is InChI=1S/C8H8NO4/c1-13-8-4-6(5-10)2-3-7(8)9(11)12/h2-5,10H,1H3. The highest BCUT2D eigenvalue weighted by molar-refractivity contribution is 5.49. The Morgan fingerprint density at radius 2 is 2.31 bits per heavy atom. The SMILES string of the molecule is COc1cc([CH]O)ccc1[N+](=O)[O-]. The van der Waals surface area contributed by atoms with Crippen LogP contribution in [0.3, 0.4) is 0 Å². The maximum atomic E-state index is 10.4. The predicted molar refractivity (Wildman–Crippen MR) is 45.0 cm³/mol. The average Bonchev–Trinajstić information content (AvgIpc) is 2.16. The number of hydrogen-bond acceptors (Lipinski definition) is 4. The van der Waals surface area contributed by atoms with Gasteiger partial charge in [-0.25, -0.2) is 0 Å². The van der Waals surface area contributed by atoms with Crippen molar-refractivity contribution in [3.8, 4) is 5.75 Å². The molecule has 1 rings (SSSR count). The van der Waals surface area contributed by atoms with Crippen molar-refractivity contribution < 1.29 is 14.8 Å². The highest BCUT2D eigenvalue weighted by atomic mass is 16.6. The van der Waals surface area contributed by atoms with Crippen molar-refractivity contribution in [2.75, 3.05) is 7.11 Å². The van der Waals surface area contributed by atoms with E-state index >= 15 is 0 Å². The molecule has 5 heteroatoms. The van der Waals surface area contributed by atoms with Gasteiger partial charge in [-0.15, -0.1) is 0 Å². The average molecular weight is 182 g/mol. The van der Waals surface area contributed by atoms with E-state index in [9.17, 15) is 10.1 Å². The maximum absolute atomic E-state index is 10.4. The molecule has 0 unspecified atom stereocenters. The Hall–Kier alpha value is -1.62. The quantitative estimate of drug-likeness (QED) is 0.567. The number of aliphatic hydroxyl groups excluding tert-OH is 1. The Balaban J connectivity index is 3.15. The Morgan fingerprint density at radius 1 is 1.62 bits per heavy atom. The van der Waals surface area contributed by atoms with Crippen molar-refractivity contribution in [1.82, 2.24) is 0 Å². The third-order valence-electron chi connectivity index (χ3n) is 1.55. The number of nitrogens with zero attached hydrogens (tertiary/aromatic N) is 1. The highest BCUT2D eigenvalue weighted by Gasteiger charge is 2.13. The topological polar surface area (TPSA) is 72.6 Å². The van der Waals surface area contributed by atoms with Gasteiger partial charge >= 0.3 is 5.69 Å². The van der Waals surface area contributed by atoms with Crippen LogP contribution < -0.4 is 4.74 Å². The van der Waals surface area contributed by atoms with Crippen LogP contribution in [0.5, 0.6) is 5.75 Å². The van der Waals surface area contributed by atoms with Crippen LogP contribution in [0.1, 0.15) is 5.56 Å². The molecular weight excluding hydrogens is 174 g/mol. The molecule has 0 aliphatic heterocycles. The van der Waals surface area contributed by atoms with E-state index in [1.165, 1.54) is 25.3 Å². The van der Waals surface area contributed by atoms with Gasteiger partial charge in [0.15, 0.2) is 5.75 Å². The summed E-state index contributed by atoms with van der Waals surface area (Å²) in [7, 11) is 1.34. The number of aliphatic hydroxyl groups is 1. The predicted octanol–water partition coefficient (Wildman–Crippen LogP) is 1.49. The molecule has 1 N–H and O–H groups in total. The number of methoxy groups -OCH3 is 1. The van der Waals surface area contributed by atoms with Crippen molar-refractivity contribution in [3.63, 3.8) is 0 Å². The molecular formula is C8H8NO4. The van der Waals surface area contributed by atoms with E-state index in [0.717, 1.165) is 6.61 Å². The lowest BCUT2D eigenvalue weighted by Gasteiger charge is -2.02. The van der Waals surface area contributed by atoms with Gasteiger partial charge in [-0.1, -0.05) is 0 Å². The van der Waals surface area contributed by atoms with Crippen LogP contribution in [-0.4, -0.2) is 17.1 Å². The smallest absolute Gasteiger partial charge is 0.310 e. The summed E-state index contributed by atoms with van der Waals surface area (Å²) in [6.07, 6.45) is 0. The fourth-order valence-electron chi connectivity index (χ4n) is 0.925. The number of nitro groups is 1. The molecule has 0 bridgehead atoms. The van der Waals surface area contributed by atoms with E-state index in [0.29, 0.717) is 5.56 Å². The largest absolute Gasteiger partial charge is 0.490 e. The van der Waals surface area contributed by atoms with Gasteiger partial charge in [-0.3, -0.25) is 10.1 Å². The fourth-order valence-corrected chi connectivity index (χ4v) is 0.925. The number of rotatable bonds is 3. The van der Waals surface area contributed by atoms with E-state index < -0.39 is 4.92 Å². The van der Waals surface area contributed by atoms with Gasteiger partial charge in [0.25, 0.3) is 0 Å². The first-order valence-corrected chi connectivity index (χ1v) is 3.49. The summed E-state index contributed by atoms with van der Waals surface area (Å²) in [5, 5.41) is 19.1. The Morgan fingerprint density at radius 3 is 2.77 bits per heavy atom. The summed E-state index contributed by atoms with van der Waals surface area (Å²) < 4.78 is 4.78. The fraction of sp³-hybridized carbons (Fsp3) is 0.125. The Bertz CT molecular complexity index is 324. The van der Waals surface area contributed by atoms with Crippen LogP contribution in [0.2, 0.25) is 0 Å². The molecule has 0 heterocycles. The van der Waals surface area contributed by atoms with Crippen LogP contribution in [-0.2, 0) is 0 Å². The first-order valence-electron chi connectivity index (χ1n) is 3.49. The van der Waals surface area contributed by atoms with E-state index in [-0.39, 0.29) is 11.4 Å². The number of hydrogen-bond donors (Lipinski definition) is 1. The summed E-state index contributed by atoms with van der Waals surface area (Å²) in [5.74, 6) is 0.132. The van der Waals surface area contributed by atoms with Gasteiger partial charge in [0.05, 0.1) is 12.0 Å². The molecule has 1 aromatic rings. The molecule has 1 aromatic carbocycles. The van der Waals surface area contributed by atoms with E-state index in [1.807, 2.05) is 0 Å². The van der Waals surface area contributed by atoms with Crippen LogP contribution in [0.4, 0.5) is 5.69 Å². The Kier molecular flexibility index (Phi) is 2.81. The summed E-state index contributed by atoms with van der Waals surface area (Å²) in [6.45, 7) is 0.853. The van der Waals surface area contributed by atoms with Crippen LogP contribution in [0, 0.1) is 16.7 Å². The first kappa shape index (κ1) is 9.47. The molecule has 0 atom stereocenters. The zero-order chi connectivity index (χ0) is 9.84. The summed E-state index contributed by atoms with van der Waals surface area (Å²) in [5.41, 5.74) is 0.343. The normalized spacial score (nSPS) is 9.69. The summed E-state index contributed by atoms with van der Waals surface area (Å²) >= 11 is 0. The van der Waals surface area contributed by atoms with Gasteiger partial charge in [-0.05, 0) is 17.7 Å². The molecule has 0 aromatic heterocycles. The van der Waals surface area contributed by atoms with Crippen molar-refractivity contribution in [3.05, 3.63) is 40.5 Å². The zero-order valence-corrected chi connectivity index (χ0v) is 6.93. The Labute approximate surface area is 74.7 Å². The summed E-state index contributed by atoms with van der Waals surface area (Å²) in [6, 6.07) is 4.10. The van der Waals surface area contributed by atoms with Gasteiger partial charge < -0.3 is 9.84 Å². The third-order valence-corrected chi connectivity index (χ3v) is 1.55. The van der Waals surface area contributed by atoms with Crippen LogP contribution >= 0.6 is 0 Å². The third kappa shape index (κ3) is 1.94. The second kappa shape index (κ2) is 3.86. The van der Waals surface area contributed by atoms with E-state index in [4.69, 9.17) is 9.84 Å². The molecule has 0 fully saturated rings. The second-order valence-corrected chi connectivity index (χ2v) is 2.32. The minimum absolute atomic E-state index is 0.117. The molecule has 0 aliphatic carbocycles. The number of nitro benzene ring substituents is 1. The van der Waals surface area contributed by atoms with Crippen molar-refractivity contribution in [2.24, 2.45) is 0 Å². The molecule has 5 nitrogen and oxygen atoms in total. The molecule has 0 aliphatic rings. The van der Waals surface area contributed by atoms with E-state index in [2.05, 4.69) is 0 Å². The molecule has 69 valence electrons. The van der Waals surface area contributed by atoms with Crippen LogP contribution in [0.15, 0.2) is 18.2 Å². The minimum atomic E-state index is -0.542. The number of ether oxygens (including phenoxy) is 1. The number of benzene rings is 1. The monoisotopic (exact) mass is 182 g/mol. The van der Waals surface area contributed by atoms with Crippen molar-refractivity contribution in [2.45, 2.75) is 0 Å². The van der Waals surface area contributed by atoms with Crippen LogP contribution in [0.25, 0.3) is 0 Å². The van der Waals surface area contributed by atoms with Crippen molar-refractivity contribution >= 4 is 5.69 Å². The van der Waals surface area contributed by atoms with Gasteiger partial charge in [0.1, 0.15) is 6.61 Å². The van der Waals surface area contributed by atoms with Gasteiger partial charge in [0.2, 0.25) is 0 Å². The van der Waals surface area contributed by atoms with Gasteiger partial charge in [-0.2, -0.15) is 0 Å². The highest BCUT2D eigenvalue weighted by Crippen LogP contribution is 2.27. The van der Waals surface area contributed by atoms with Crippen molar-refractivity contribution in [1.29, 1.82) is 0 Å². The lowest BCUT2D eigenvalue weighted by atomic mass is 10.2. The molecule has 0 amide bonds. The first-order chi connectivity index (χ1) is 6.19. The minimum Gasteiger partial charge on any atom is -0.490 e.